The van der Waals surface area contributed by atoms with E-state index in [9.17, 15) is 39.6 Å². The van der Waals surface area contributed by atoms with Crippen LogP contribution in [0.1, 0.15) is 294 Å². The average molecular weight is 1890 g/mol. The second-order valence-corrected chi connectivity index (χ2v) is 46.6. The van der Waals surface area contributed by atoms with Crippen LogP contribution in [0.25, 0.3) is 0 Å². The van der Waals surface area contributed by atoms with Gasteiger partial charge in [-0.1, -0.05) is 205 Å². The van der Waals surface area contributed by atoms with Crippen molar-refractivity contribution in [2.75, 3.05) is 33.0 Å². The van der Waals surface area contributed by atoms with Crippen LogP contribution in [0, 0.1) is 137 Å². The van der Waals surface area contributed by atoms with Gasteiger partial charge in [-0.2, -0.15) is 0 Å². The maximum atomic E-state index is 12.9. The SMILES string of the molecule is C=CC[C@@H](OC(=O)C(=C)CO)[C@@H](C)[C@H]1CC[C@H]2[C@@H]3CCc4cc(C)ccc4[C@H]3CC[C@]12C.C=CC[C@@H](OC(=O)C(=C)COCC(Cl)(Cl)Cl)[C@@H](C)[C@H]1CC[C@H]2[C@@H]3CCc4cc(C)ccc4[C@H]3CC[C@]12C.C[C@@H]([C@H]1CC[C@H]2[C@@H]3CCc4cc(O)ccc4[C@H]3CC[C@]12C)[C@H]1CC=C(CO)C(=O)O1.Cc1ccc2c(c1)CC[C@@H]1[C@@H]2CC[C@]2(C)[C@@H]([C@H](C)[C@H]3CC=C(CO)C(=O)O3)CC[C@@H]12.[Zn]. The average Bonchev–Trinajstić information content (AvgIpc) is 1.54. The van der Waals surface area contributed by atoms with Crippen LogP contribution in [0.2, 0.25) is 0 Å². The van der Waals surface area contributed by atoms with E-state index in [2.05, 4.69) is 163 Å². The number of aliphatic hydroxyl groups excluding tert-OH is 3. The topological polar surface area (TPSA) is 195 Å². The summed E-state index contributed by atoms with van der Waals surface area (Å²) in [6.45, 7) is 40.2. The molecule has 0 spiro atoms. The number of fused-ring (bicyclic) bond motifs is 20. The number of benzene rings is 4. The second kappa shape index (κ2) is 41.7. The molecule has 130 heavy (non-hydrogen) atoms. The van der Waals surface area contributed by atoms with Gasteiger partial charge in [-0.3, -0.25) is 0 Å². The molecule has 13 nitrogen and oxygen atoms in total. The van der Waals surface area contributed by atoms with E-state index >= 15 is 0 Å². The molecule has 8 fully saturated rings. The van der Waals surface area contributed by atoms with Crippen LogP contribution in [0.15, 0.2) is 146 Å². The maximum absolute atomic E-state index is 12.9. The first kappa shape index (κ1) is 100. The Hall–Kier alpha value is -5.67. The van der Waals surface area contributed by atoms with E-state index in [-0.39, 0.29) is 117 Å². The number of rotatable bonds is 22. The smallest absolute Gasteiger partial charge is 0.336 e. The van der Waals surface area contributed by atoms with E-state index in [1.807, 2.05) is 36.4 Å². The Labute approximate surface area is 805 Å². The van der Waals surface area contributed by atoms with Crippen molar-refractivity contribution in [1.82, 2.24) is 0 Å². The van der Waals surface area contributed by atoms with Gasteiger partial charge < -0.3 is 44.1 Å². The third-order valence-electron chi connectivity index (χ3n) is 37.7. The summed E-state index contributed by atoms with van der Waals surface area (Å²) in [6, 6.07) is 27.4. The quantitative estimate of drug-likeness (QED) is 0.0145. The summed E-state index contributed by atoms with van der Waals surface area (Å²) >= 11 is 17.2. The molecule has 18 rings (SSSR count). The number of cyclic esters (lactones) is 2. The number of alkyl halides is 3. The molecular weight excluding hydrogens is 1740 g/mol. The zero-order valence-electron chi connectivity index (χ0n) is 80.1. The first-order valence-corrected chi connectivity index (χ1v) is 51.1. The number of aromatic hydroxyl groups is 1. The molecule has 4 aromatic rings. The van der Waals surface area contributed by atoms with Crippen LogP contribution in [-0.2, 0) is 88.0 Å². The molecule has 2 heterocycles. The van der Waals surface area contributed by atoms with Crippen LogP contribution in [0.4, 0.5) is 0 Å². The number of ether oxygens (including phenoxy) is 5. The van der Waals surface area contributed by atoms with Crippen molar-refractivity contribution >= 4 is 58.7 Å². The van der Waals surface area contributed by atoms with Gasteiger partial charge in [0, 0.05) is 45.2 Å². The number of phenols is 1. The minimum atomic E-state index is -1.53. The molecule has 12 aliphatic carbocycles. The fourth-order valence-corrected chi connectivity index (χ4v) is 31.6. The summed E-state index contributed by atoms with van der Waals surface area (Å²) in [7, 11) is 0. The number of hydrogen-bond acceptors (Lipinski definition) is 13. The minimum absolute atomic E-state index is 0. The zero-order valence-corrected chi connectivity index (χ0v) is 85.3. The fraction of sp³-hybridized carbons (Fsp3) is 0.646. The first-order valence-electron chi connectivity index (χ1n) is 49.9. The van der Waals surface area contributed by atoms with Crippen molar-refractivity contribution < 1.29 is 82.8 Å². The van der Waals surface area contributed by atoms with Crippen molar-refractivity contribution in [1.29, 1.82) is 0 Å². The molecular formula is C113H151Cl3O13Zn. The number of carbonyl (C=O) groups excluding carboxylic acids is 4. The molecule has 2 aliphatic heterocycles. The molecule has 0 amide bonds. The summed E-state index contributed by atoms with van der Waals surface area (Å²) in [5.74, 6) is 11.1. The molecule has 14 aliphatic rings. The molecule has 0 aromatic heterocycles. The van der Waals surface area contributed by atoms with Gasteiger partial charge in [0.05, 0.1) is 55.3 Å². The summed E-state index contributed by atoms with van der Waals surface area (Å²) in [5, 5.41) is 37.8. The molecule has 704 valence electrons. The fourth-order valence-electron chi connectivity index (χ4n) is 31.4. The van der Waals surface area contributed by atoms with Crippen LogP contribution in [0.3, 0.4) is 0 Å². The standard InChI is InChI=1S/C31H41Cl3O3.C29H40O3.C27H36O3.C26H34O4.Zn/c1-6-7-28(37-29(35)20(3)17-36-18-31(32,33)34)21(4)26-12-13-27-25-11-9-22-16-19(2)8-10-23(22)24(25)14-15-30(26,27)5;1-6-7-27(32-28(31)19(3)17-30)20(4)25-12-13-26-24-11-9-21-16-18(2)8-10-22(21)23(24)14-15-29(25,26)5;1-16-4-7-20-18(14-16)5-8-22-21(20)12-13-27(3)23(9-10-24(22)27)17(2)25-11-6-19(15-28)26(29)30-25;1-15(24-10-4-17(14-27)25(29)30-24)22-8-9-23-21-6-3-16-13-18(28)5-7-19(16)20(21)11-12-26(22,23)2;/h6,8,10,16,21,24-28H,1,3,7,9,11-15,17-18H2,2,4-5H3;6,8,10,16,20,23-27,30H,1,3,7,9,11-15,17H2,2,4-5H3;4,6-7,14,17,21-25,28H,5,8-13,15H2,1-3H3;4-5,7,13,15,20-24,27-28H,3,6,8-12,14H2,1-2H3;/t21-,24+,25+,26+,27-,28+,30+;20-,23+,24+,25+,26-,27+,29+;17-,21+,22+,23+,24-,25+,27+;15-,20+,21+,22+,23-,24+,26+;/m0000./s1. The molecule has 0 unspecified atom stereocenters. The number of esters is 4. The Kier molecular flexibility index (Phi) is 32.2. The molecule has 28 atom stereocenters. The van der Waals surface area contributed by atoms with Crippen LogP contribution < -0.4 is 0 Å². The van der Waals surface area contributed by atoms with Crippen molar-refractivity contribution in [2.24, 2.45) is 116 Å². The third-order valence-corrected chi connectivity index (χ3v) is 38.1. The Bertz CT molecular complexity index is 4700. The molecule has 4 aromatic carbocycles. The summed E-state index contributed by atoms with van der Waals surface area (Å²) in [6.07, 6.45) is 39.6. The second-order valence-electron chi connectivity index (χ2n) is 44.0. The van der Waals surface area contributed by atoms with Gasteiger partial charge in [-0.05, 0) is 372 Å². The number of halogens is 3. The molecule has 8 saturated carbocycles. The van der Waals surface area contributed by atoms with Crippen LogP contribution in [-0.4, -0.2) is 106 Å². The van der Waals surface area contributed by atoms with Crippen LogP contribution >= 0.6 is 34.8 Å². The predicted molar refractivity (Wildman–Crippen MR) is 516 cm³/mol. The monoisotopic (exact) mass is 1880 g/mol. The van der Waals surface area contributed by atoms with Gasteiger partial charge in [0.1, 0.15) is 30.2 Å². The van der Waals surface area contributed by atoms with Crippen LogP contribution in [0.5, 0.6) is 5.75 Å². The summed E-state index contributed by atoms with van der Waals surface area (Å²) < 4.78 is 27.2. The predicted octanol–water partition coefficient (Wildman–Crippen LogP) is 24.7. The molecule has 0 saturated heterocycles. The minimum Gasteiger partial charge on any atom is -0.508 e. The molecule has 4 N–H and O–H groups in total. The van der Waals surface area contributed by atoms with Gasteiger partial charge in [0.2, 0.25) is 3.79 Å². The normalized spacial score (nSPS) is 34.6. The number of aryl methyl sites for hydroxylation is 7. The van der Waals surface area contributed by atoms with Gasteiger partial charge in [0.25, 0.3) is 0 Å². The van der Waals surface area contributed by atoms with Crippen molar-refractivity contribution in [2.45, 2.75) is 308 Å². The van der Waals surface area contributed by atoms with Crippen molar-refractivity contribution in [3.05, 3.63) is 207 Å². The number of carbonyl (C=O) groups is 4. The first-order chi connectivity index (χ1) is 61.6. The summed E-state index contributed by atoms with van der Waals surface area (Å²) in [5.41, 5.74) is 19.0. The maximum Gasteiger partial charge on any atom is 0.336 e. The molecule has 0 bridgehead atoms. The van der Waals surface area contributed by atoms with E-state index in [1.54, 1.807) is 33.4 Å². The summed E-state index contributed by atoms with van der Waals surface area (Å²) in [4.78, 5) is 49.6. The van der Waals surface area contributed by atoms with E-state index in [1.165, 1.54) is 175 Å². The number of hydrogen-bond donors (Lipinski definition) is 4. The third kappa shape index (κ3) is 20.1. The largest absolute Gasteiger partial charge is 0.508 e. The number of aliphatic hydroxyl groups is 3. The van der Waals surface area contributed by atoms with Gasteiger partial charge >= 0.3 is 23.9 Å². The van der Waals surface area contributed by atoms with E-state index in [0.29, 0.717) is 99.2 Å². The van der Waals surface area contributed by atoms with Crippen molar-refractivity contribution in [3.8, 4) is 5.75 Å². The Morgan fingerprint density at radius 2 is 0.800 bits per heavy atom. The van der Waals surface area contributed by atoms with E-state index < -0.39 is 15.7 Å². The Balaban J connectivity index is 0.000000140. The van der Waals surface area contributed by atoms with E-state index in [4.69, 9.17) is 58.5 Å². The molecule has 17 heteroatoms. The van der Waals surface area contributed by atoms with Gasteiger partial charge in [-0.15, -0.1) is 13.2 Å². The van der Waals surface area contributed by atoms with E-state index in [0.717, 1.165) is 72.5 Å². The Morgan fingerprint density at radius 1 is 0.477 bits per heavy atom. The number of phenolic OH excluding ortho intramolecular Hbond substituents is 1. The Morgan fingerprint density at radius 3 is 1.12 bits per heavy atom. The van der Waals surface area contributed by atoms with Crippen molar-refractivity contribution in [3.63, 3.8) is 0 Å². The van der Waals surface area contributed by atoms with Gasteiger partial charge in [-0.25, -0.2) is 19.2 Å². The van der Waals surface area contributed by atoms with Gasteiger partial charge in [0.15, 0.2) is 0 Å². The zero-order chi connectivity index (χ0) is 92.1. The molecule has 0 radical (unpaired) electrons.